The molecule has 2 heterocycles. The highest BCUT2D eigenvalue weighted by atomic mass is 16.5. The van der Waals surface area contributed by atoms with Crippen LogP contribution in [0.15, 0.2) is 4.99 Å². The quantitative estimate of drug-likeness (QED) is 0.351. The summed E-state index contributed by atoms with van der Waals surface area (Å²) in [6.45, 7) is 15.6. The third-order valence-electron chi connectivity index (χ3n) is 5.05. The van der Waals surface area contributed by atoms with Crippen LogP contribution in [0.25, 0.3) is 0 Å². The van der Waals surface area contributed by atoms with Crippen molar-refractivity contribution in [2.45, 2.75) is 52.6 Å². The highest BCUT2D eigenvalue weighted by molar-refractivity contribution is 5.79. The highest BCUT2D eigenvalue weighted by Crippen LogP contribution is 2.20. The number of nitrogens with zero attached hydrogens (tertiary/aromatic N) is 2. The largest absolute Gasteiger partial charge is 0.379 e. The summed E-state index contributed by atoms with van der Waals surface area (Å²) < 4.78 is 11.1. The maximum atomic E-state index is 5.79. The van der Waals surface area contributed by atoms with Gasteiger partial charge in [0.1, 0.15) is 0 Å². The zero-order valence-corrected chi connectivity index (χ0v) is 17.1. The molecule has 2 aliphatic rings. The molecule has 6 heteroatoms. The smallest absolute Gasteiger partial charge is 0.191 e. The fraction of sp³-hybridized carbons (Fsp3) is 0.950. The summed E-state index contributed by atoms with van der Waals surface area (Å²) in [5.74, 6) is 2.60. The van der Waals surface area contributed by atoms with E-state index in [1.807, 2.05) is 0 Å². The minimum absolute atomic E-state index is 0.297. The molecular formula is C20H40N4O2. The van der Waals surface area contributed by atoms with Gasteiger partial charge in [-0.25, -0.2) is 0 Å². The van der Waals surface area contributed by atoms with Crippen LogP contribution in [0.5, 0.6) is 0 Å². The van der Waals surface area contributed by atoms with Gasteiger partial charge in [0.15, 0.2) is 5.96 Å². The molecule has 3 unspecified atom stereocenters. The van der Waals surface area contributed by atoms with Gasteiger partial charge in [-0.15, -0.1) is 0 Å². The van der Waals surface area contributed by atoms with Crippen molar-refractivity contribution in [3.05, 3.63) is 0 Å². The summed E-state index contributed by atoms with van der Waals surface area (Å²) in [5, 5.41) is 6.80. The predicted molar refractivity (Wildman–Crippen MR) is 108 cm³/mol. The van der Waals surface area contributed by atoms with E-state index in [-0.39, 0.29) is 0 Å². The van der Waals surface area contributed by atoms with Gasteiger partial charge < -0.3 is 25.0 Å². The predicted octanol–water partition coefficient (Wildman–Crippen LogP) is 2.11. The summed E-state index contributed by atoms with van der Waals surface area (Å²) in [4.78, 5) is 7.28. The molecule has 2 fully saturated rings. The number of hydrogen-bond donors (Lipinski definition) is 2. The standard InChI is InChI=1S/C20H40N4O2/c1-4-21-20(23-9-6-11-26-19-7-12-25-16-19)22-8-5-10-24-14-17(2)13-18(3)15-24/h17-19H,4-16H2,1-3H3,(H2,21,22,23). The average Bonchev–Trinajstić information content (AvgIpc) is 3.11. The number of piperidine rings is 1. The summed E-state index contributed by atoms with van der Waals surface area (Å²) in [7, 11) is 0. The van der Waals surface area contributed by atoms with Gasteiger partial charge in [0.25, 0.3) is 0 Å². The van der Waals surface area contributed by atoms with Crippen molar-refractivity contribution in [3.8, 4) is 0 Å². The maximum Gasteiger partial charge on any atom is 0.191 e. The summed E-state index contributed by atoms with van der Waals surface area (Å²) in [6.07, 6.45) is 4.82. The van der Waals surface area contributed by atoms with E-state index in [1.54, 1.807) is 0 Å². The molecule has 0 bridgehead atoms. The van der Waals surface area contributed by atoms with E-state index in [1.165, 1.54) is 26.1 Å². The minimum atomic E-state index is 0.297. The van der Waals surface area contributed by atoms with Gasteiger partial charge in [-0.3, -0.25) is 4.99 Å². The lowest BCUT2D eigenvalue weighted by Gasteiger charge is -2.35. The van der Waals surface area contributed by atoms with Gasteiger partial charge in [0.2, 0.25) is 0 Å². The van der Waals surface area contributed by atoms with E-state index >= 15 is 0 Å². The van der Waals surface area contributed by atoms with Crippen LogP contribution in [0.1, 0.15) is 46.5 Å². The molecule has 0 aromatic rings. The molecule has 6 nitrogen and oxygen atoms in total. The van der Waals surface area contributed by atoms with Crippen LogP contribution in [0.4, 0.5) is 0 Å². The fourth-order valence-corrected chi connectivity index (χ4v) is 3.98. The zero-order chi connectivity index (χ0) is 18.6. The highest BCUT2D eigenvalue weighted by Gasteiger charge is 2.21. The molecule has 0 amide bonds. The molecule has 2 saturated heterocycles. The Labute approximate surface area is 160 Å². The first-order chi connectivity index (χ1) is 12.7. The molecule has 2 aliphatic heterocycles. The van der Waals surface area contributed by atoms with Gasteiger partial charge in [0, 0.05) is 45.9 Å². The van der Waals surface area contributed by atoms with Gasteiger partial charge in [-0.2, -0.15) is 0 Å². The van der Waals surface area contributed by atoms with E-state index in [0.29, 0.717) is 6.10 Å². The van der Waals surface area contributed by atoms with Crippen LogP contribution >= 0.6 is 0 Å². The Morgan fingerprint density at radius 1 is 1.19 bits per heavy atom. The normalized spacial score (nSPS) is 27.7. The Hall–Kier alpha value is -0.850. The molecule has 152 valence electrons. The minimum Gasteiger partial charge on any atom is -0.379 e. The van der Waals surface area contributed by atoms with Crippen LogP contribution in [0.3, 0.4) is 0 Å². The number of ether oxygens (including phenoxy) is 2. The Kier molecular flexibility index (Phi) is 10.3. The van der Waals surface area contributed by atoms with Crippen molar-refractivity contribution in [2.75, 3.05) is 59.1 Å². The lowest BCUT2D eigenvalue weighted by molar-refractivity contribution is 0.0424. The first-order valence-electron chi connectivity index (χ1n) is 10.6. The molecule has 0 saturated carbocycles. The Morgan fingerprint density at radius 3 is 2.69 bits per heavy atom. The van der Waals surface area contributed by atoms with Gasteiger partial charge in [-0.1, -0.05) is 13.8 Å². The first kappa shape index (κ1) is 21.5. The van der Waals surface area contributed by atoms with Gasteiger partial charge in [-0.05, 0) is 51.0 Å². The zero-order valence-electron chi connectivity index (χ0n) is 17.1. The average molecular weight is 369 g/mol. The first-order valence-corrected chi connectivity index (χ1v) is 10.6. The SMILES string of the molecule is CCNC(=NCCCOC1CCOC1)NCCCN1CC(C)CC(C)C1. The number of nitrogens with one attached hydrogen (secondary N) is 2. The van der Waals surface area contributed by atoms with Crippen molar-refractivity contribution in [1.82, 2.24) is 15.5 Å². The molecule has 26 heavy (non-hydrogen) atoms. The topological polar surface area (TPSA) is 58.1 Å². The molecule has 3 atom stereocenters. The molecule has 0 aromatic heterocycles. The number of likely N-dealkylation sites (tertiary alicyclic amines) is 1. The molecule has 0 spiro atoms. The molecule has 0 aromatic carbocycles. The lowest BCUT2D eigenvalue weighted by atomic mass is 9.92. The third-order valence-corrected chi connectivity index (χ3v) is 5.05. The third kappa shape index (κ3) is 8.69. The summed E-state index contributed by atoms with van der Waals surface area (Å²) >= 11 is 0. The summed E-state index contributed by atoms with van der Waals surface area (Å²) in [6, 6.07) is 0. The Balaban J connectivity index is 1.56. The van der Waals surface area contributed by atoms with Crippen LogP contribution in [0, 0.1) is 11.8 Å². The van der Waals surface area contributed by atoms with Crippen molar-refractivity contribution < 1.29 is 9.47 Å². The molecule has 2 N–H and O–H groups in total. The van der Waals surface area contributed by atoms with Crippen LogP contribution in [-0.2, 0) is 9.47 Å². The molecule has 0 radical (unpaired) electrons. The van der Waals surface area contributed by atoms with Crippen molar-refractivity contribution in [1.29, 1.82) is 0 Å². The van der Waals surface area contributed by atoms with E-state index < -0.39 is 0 Å². The second-order valence-electron chi connectivity index (χ2n) is 7.96. The van der Waals surface area contributed by atoms with Gasteiger partial charge >= 0.3 is 0 Å². The second kappa shape index (κ2) is 12.5. The van der Waals surface area contributed by atoms with Crippen LogP contribution in [-0.4, -0.2) is 76.1 Å². The molecule has 2 rings (SSSR count). The van der Waals surface area contributed by atoms with Gasteiger partial charge in [0.05, 0.1) is 12.7 Å². The van der Waals surface area contributed by atoms with Crippen molar-refractivity contribution in [3.63, 3.8) is 0 Å². The van der Waals surface area contributed by atoms with E-state index in [2.05, 4.69) is 41.3 Å². The van der Waals surface area contributed by atoms with E-state index in [0.717, 1.165) is 76.5 Å². The number of rotatable bonds is 10. The van der Waals surface area contributed by atoms with Crippen molar-refractivity contribution >= 4 is 5.96 Å². The lowest BCUT2D eigenvalue weighted by Crippen LogP contribution is -2.41. The number of guanidine groups is 1. The molecule has 0 aliphatic carbocycles. The summed E-state index contributed by atoms with van der Waals surface area (Å²) in [5.41, 5.74) is 0. The second-order valence-corrected chi connectivity index (χ2v) is 7.96. The monoisotopic (exact) mass is 368 g/mol. The molecular weight excluding hydrogens is 328 g/mol. The Morgan fingerprint density at radius 2 is 2.00 bits per heavy atom. The number of aliphatic imine (C=N–C) groups is 1. The van der Waals surface area contributed by atoms with Crippen LogP contribution < -0.4 is 10.6 Å². The fourth-order valence-electron chi connectivity index (χ4n) is 3.98. The Bertz CT molecular complexity index is 389. The number of hydrogen-bond acceptors (Lipinski definition) is 4. The van der Waals surface area contributed by atoms with Crippen molar-refractivity contribution in [2.24, 2.45) is 16.8 Å². The van der Waals surface area contributed by atoms with E-state index in [4.69, 9.17) is 9.47 Å². The van der Waals surface area contributed by atoms with E-state index in [9.17, 15) is 0 Å². The van der Waals surface area contributed by atoms with Crippen LogP contribution in [0.2, 0.25) is 0 Å². The maximum absolute atomic E-state index is 5.79.